The number of ether oxygens (including phenoxy) is 1. The van der Waals surface area contributed by atoms with Crippen molar-refractivity contribution in [2.24, 2.45) is 0 Å². The summed E-state index contributed by atoms with van der Waals surface area (Å²) in [6.45, 7) is 0.627. The number of nitrogen functional groups attached to an aromatic ring is 1. The van der Waals surface area contributed by atoms with Crippen LogP contribution in [0.1, 0.15) is 6.42 Å². The predicted molar refractivity (Wildman–Crippen MR) is 78.1 cm³/mol. The summed E-state index contributed by atoms with van der Waals surface area (Å²) in [5.74, 6) is 1.46. The van der Waals surface area contributed by atoms with Crippen LogP contribution in [-0.4, -0.2) is 12.4 Å². The molecule has 0 amide bonds. The van der Waals surface area contributed by atoms with Gasteiger partial charge in [0.15, 0.2) is 0 Å². The minimum atomic E-state index is -0.202. The van der Waals surface area contributed by atoms with E-state index in [0.717, 1.165) is 22.8 Å². The third-order valence-electron chi connectivity index (χ3n) is 2.55. The van der Waals surface area contributed by atoms with Gasteiger partial charge in [0.25, 0.3) is 0 Å². The molecular formula is C15H16FNOS. The van der Waals surface area contributed by atoms with Crippen LogP contribution in [0.5, 0.6) is 5.75 Å². The summed E-state index contributed by atoms with van der Waals surface area (Å²) in [7, 11) is 0. The monoisotopic (exact) mass is 277 g/mol. The van der Waals surface area contributed by atoms with Gasteiger partial charge in [-0.25, -0.2) is 4.39 Å². The van der Waals surface area contributed by atoms with E-state index >= 15 is 0 Å². The Morgan fingerprint density at radius 1 is 1.05 bits per heavy atom. The first-order chi connectivity index (χ1) is 9.25. The largest absolute Gasteiger partial charge is 0.491 e. The van der Waals surface area contributed by atoms with Crippen molar-refractivity contribution in [1.29, 1.82) is 0 Å². The van der Waals surface area contributed by atoms with Gasteiger partial charge in [0, 0.05) is 10.6 Å². The highest BCUT2D eigenvalue weighted by molar-refractivity contribution is 7.99. The Balaban J connectivity index is 1.67. The zero-order chi connectivity index (χ0) is 13.5. The number of hydrogen-bond acceptors (Lipinski definition) is 3. The Hall–Kier alpha value is -1.68. The lowest BCUT2D eigenvalue weighted by molar-refractivity contribution is 0.320. The van der Waals surface area contributed by atoms with Crippen molar-refractivity contribution in [2.45, 2.75) is 11.3 Å². The maximum Gasteiger partial charge on any atom is 0.142 e. The Morgan fingerprint density at radius 2 is 1.79 bits per heavy atom. The van der Waals surface area contributed by atoms with Gasteiger partial charge in [0.05, 0.1) is 12.3 Å². The van der Waals surface area contributed by atoms with Gasteiger partial charge < -0.3 is 10.5 Å². The molecule has 0 aliphatic heterocycles. The molecule has 4 heteroatoms. The highest BCUT2D eigenvalue weighted by atomic mass is 32.2. The van der Waals surface area contributed by atoms with Gasteiger partial charge >= 0.3 is 0 Å². The van der Waals surface area contributed by atoms with Gasteiger partial charge in [-0.2, -0.15) is 0 Å². The van der Waals surface area contributed by atoms with Crippen LogP contribution < -0.4 is 10.5 Å². The molecule has 100 valence electrons. The van der Waals surface area contributed by atoms with E-state index in [2.05, 4.69) is 0 Å². The van der Waals surface area contributed by atoms with Crippen LogP contribution in [0.3, 0.4) is 0 Å². The molecule has 0 aromatic heterocycles. The molecule has 0 spiro atoms. The number of para-hydroxylation sites is 2. The van der Waals surface area contributed by atoms with Crippen molar-refractivity contribution >= 4 is 17.4 Å². The molecule has 0 aliphatic carbocycles. The topological polar surface area (TPSA) is 35.2 Å². The Kier molecular flexibility index (Phi) is 5.10. The zero-order valence-electron chi connectivity index (χ0n) is 10.5. The molecule has 0 radical (unpaired) electrons. The Morgan fingerprint density at radius 3 is 2.53 bits per heavy atom. The van der Waals surface area contributed by atoms with Crippen LogP contribution in [0.15, 0.2) is 53.4 Å². The van der Waals surface area contributed by atoms with Crippen LogP contribution in [0, 0.1) is 5.82 Å². The fourth-order valence-corrected chi connectivity index (χ4v) is 2.40. The van der Waals surface area contributed by atoms with Gasteiger partial charge in [0.1, 0.15) is 11.6 Å². The average molecular weight is 277 g/mol. The molecule has 0 heterocycles. The van der Waals surface area contributed by atoms with E-state index in [0.29, 0.717) is 12.3 Å². The fraction of sp³-hybridized carbons (Fsp3) is 0.200. The first kappa shape index (κ1) is 13.7. The molecule has 0 bridgehead atoms. The number of thioether (sulfide) groups is 1. The molecule has 2 aromatic rings. The molecule has 0 saturated heterocycles. The third-order valence-corrected chi connectivity index (χ3v) is 3.65. The summed E-state index contributed by atoms with van der Waals surface area (Å²) in [6, 6.07) is 14.0. The average Bonchev–Trinajstić information content (AvgIpc) is 2.42. The number of rotatable bonds is 6. The van der Waals surface area contributed by atoms with E-state index in [-0.39, 0.29) is 5.82 Å². The standard InChI is InChI=1S/C15H16FNOS/c16-12-6-8-13(9-7-12)19-11-3-10-18-15-5-2-1-4-14(15)17/h1-2,4-9H,3,10-11,17H2. The van der Waals surface area contributed by atoms with Gasteiger partial charge in [-0.3, -0.25) is 0 Å². The number of nitrogens with two attached hydrogens (primary N) is 1. The zero-order valence-corrected chi connectivity index (χ0v) is 11.3. The second-order valence-electron chi connectivity index (χ2n) is 4.04. The maximum atomic E-state index is 12.7. The van der Waals surface area contributed by atoms with E-state index in [4.69, 9.17) is 10.5 Å². The first-order valence-electron chi connectivity index (χ1n) is 6.11. The number of hydrogen-bond donors (Lipinski definition) is 1. The van der Waals surface area contributed by atoms with Crippen LogP contribution in [0.2, 0.25) is 0 Å². The second kappa shape index (κ2) is 7.04. The highest BCUT2D eigenvalue weighted by Crippen LogP contribution is 2.21. The van der Waals surface area contributed by atoms with Crippen LogP contribution >= 0.6 is 11.8 Å². The van der Waals surface area contributed by atoms with Crippen molar-refractivity contribution in [3.05, 3.63) is 54.3 Å². The summed E-state index contributed by atoms with van der Waals surface area (Å²) in [4.78, 5) is 1.07. The van der Waals surface area contributed by atoms with Crippen molar-refractivity contribution in [3.63, 3.8) is 0 Å². The summed E-state index contributed by atoms with van der Waals surface area (Å²) in [5.41, 5.74) is 6.44. The molecule has 0 atom stereocenters. The van der Waals surface area contributed by atoms with Crippen molar-refractivity contribution in [1.82, 2.24) is 0 Å². The fourth-order valence-electron chi connectivity index (χ4n) is 1.57. The van der Waals surface area contributed by atoms with Crippen LogP contribution in [0.4, 0.5) is 10.1 Å². The van der Waals surface area contributed by atoms with E-state index in [1.54, 1.807) is 23.9 Å². The summed E-state index contributed by atoms with van der Waals surface area (Å²) < 4.78 is 18.3. The minimum absolute atomic E-state index is 0.202. The van der Waals surface area contributed by atoms with E-state index in [1.165, 1.54) is 12.1 Å². The molecular weight excluding hydrogens is 261 g/mol. The lowest BCUT2D eigenvalue weighted by Gasteiger charge is -2.08. The Labute approximate surface area is 116 Å². The predicted octanol–water partition coefficient (Wildman–Crippen LogP) is 3.97. The third kappa shape index (κ3) is 4.48. The molecule has 0 fully saturated rings. The van der Waals surface area contributed by atoms with Gasteiger partial charge in [-0.05, 0) is 42.8 Å². The van der Waals surface area contributed by atoms with Crippen LogP contribution in [0.25, 0.3) is 0 Å². The molecule has 0 saturated carbocycles. The minimum Gasteiger partial charge on any atom is -0.491 e. The van der Waals surface area contributed by atoms with E-state index in [9.17, 15) is 4.39 Å². The quantitative estimate of drug-likeness (QED) is 0.493. The van der Waals surface area contributed by atoms with Gasteiger partial charge in [0.2, 0.25) is 0 Å². The summed E-state index contributed by atoms with van der Waals surface area (Å²) in [6.07, 6.45) is 0.913. The molecule has 2 nitrogen and oxygen atoms in total. The smallest absolute Gasteiger partial charge is 0.142 e. The summed E-state index contributed by atoms with van der Waals surface area (Å²) in [5, 5.41) is 0. The number of anilines is 1. The molecule has 0 unspecified atom stereocenters. The molecule has 19 heavy (non-hydrogen) atoms. The van der Waals surface area contributed by atoms with Crippen molar-refractivity contribution in [3.8, 4) is 5.75 Å². The van der Waals surface area contributed by atoms with E-state index in [1.807, 2.05) is 24.3 Å². The van der Waals surface area contributed by atoms with Crippen LogP contribution in [-0.2, 0) is 0 Å². The lowest BCUT2D eigenvalue weighted by Crippen LogP contribution is -2.01. The lowest BCUT2D eigenvalue weighted by atomic mass is 10.3. The molecule has 2 rings (SSSR count). The summed E-state index contributed by atoms with van der Waals surface area (Å²) >= 11 is 1.69. The SMILES string of the molecule is Nc1ccccc1OCCCSc1ccc(F)cc1. The van der Waals surface area contributed by atoms with Gasteiger partial charge in [-0.15, -0.1) is 11.8 Å². The van der Waals surface area contributed by atoms with Crippen molar-refractivity contribution < 1.29 is 9.13 Å². The number of halogens is 1. The molecule has 2 N–H and O–H groups in total. The van der Waals surface area contributed by atoms with Gasteiger partial charge in [-0.1, -0.05) is 12.1 Å². The second-order valence-corrected chi connectivity index (χ2v) is 5.21. The molecule has 2 aromatic carbocycles. The number of benzene rings is 2. The first-order valence-corrected chi connectivity index (χ1v) is 7.10. The normalized spacial score (nSPS) is 10.4. The maximum absolute atomic E-state index is 12.7. The molecule has 0 aliphatic rings. The van der Waals surface area contributed by atoms with Crippen molar-refractivity contribution in [2.75, 3.05) is 18.1 Å². The van der Waals surface area contributed by atoms with E-state index < -0.39 is 0 Å². The highest BCUT2D eigenvalue weighted by Gasteiger charge is 1.99. The Bertz CT molecular complexity index is 516.